The highest BCUT2D eigenvalue weighted by molar-refractivity contribution is 7.89. The zero-order chi connectivity index (χ0) is 20.0. The van der Waals surface area contributed by atoms with Crippen LogP contribution in [-0.2, 0) is 19.6 Å². The molecule has 1 saturated heterocycles. The van der Waals surface area contributed by atoms with Crippen molar-refractivity contribution in [2.24, 2.45) is 0 Å². The first kappa shape index (κ1) is 21.3. The summed E-state index contributed by atoms with van der Waals surface area (Å²) in [5.41, 5.74) is 0. The van der Waals surface area contributed by atoms with E-state index in [1.54, 1.807) is 23.1 Å². The number of sulfonamides is 1. The molecule has 0 spiro atoms. The molecule has 2 amide bonds. The zero-order valence-electron chi connectivity index (χ0n) is 16.1. The van der Waals surface area contributed by atoms with Gasteiger partial charge in [0.2, 0.25) is 21.8 Å². The minimum atomic E-state index is -3.69. The Kier molecular flexibility index (Phi) is 7.34. The molecule has 1 aromatic carbocycles. The lowest BCUT2D eigenvalue weighted by molar-refractivity contribution is -0.133. The second-order valence-electron chi connectivity index (χ2n) is 6.95. The Hall–Kier alpha value is -1.97. The number of amides is 2. The van der Waals surface area contributed by atoms with Crippen LogP contribution in [0.5, 0.6) is 0 Å². The molecule has 8 nitrogen and oxygen atoms in total. The number of carbonyl (C=O) groups is 2. The van der Waals surface area contributed by atoms with Crippen molar-refractivity contribution in [2.45, 2.75) is 24.8 Å². The largest absolute Gasteiger partial charge is 0.353 e. The van der Waals surface area contributed by atoms with E-state index in [1.807, 2.05) is 18.7 Å². The second-order valence-corrected chi connectivity index (χ2v) is 9.00. The summed E-state index contributed by atoms with van der Waals surface area (Å²) in [6, 6.07) is 8.16. The van der Waals surface area contributed by atoms with E-state index in [0.29, 0.717) is 32.7 Å². The molecule has 1 aliphatic heterocycles. The maximum Gasteiger partial charge on any atom is 0.243 e. The van der Waals surface area contributed by atoms with Gasteiger partial charge in [-0.05, 0) is 26.0 Å². The molecule has 0 radical (unpaired) electrons. The predicted molar refractivity (Wildman–Crippen MR) is 103 cm³/mol. The molecule has 0 aliphatic carbocycles. The summed E-state index contributed by atoms with van der Waals surface area (Å²) in [5.74, 6) is -0.262. The van der Waals surface area contributed by atoms with E-state index in [1.165, 1.54) is 19.2 Å². The van der Waals surface area contributed by atoms with Gasteiger partial charge in [0.15, 0.2) is 0 Å². The SMILES string of the molecule is CC(C)NC(=O)CN1CCN(C(=O)CN(C)S(=O)(=O)c2ccccc2)CC1. The quantitative estimate of drug-likeness (QED) is 0.699. The van der Waals surface area contributed by atoms with Gasteiger partial charge in [-0.1, -0.05) is 18.2 Å². The van der Waals surface area contributed by atoms with Crippen molar-refractivity contribution in [3.63, 3.8) is 0 Å². The van der Waals surface area contributed by atoms with E-state index >= 15 is 0 Å². The van der Waals surface area contributed by atoms with Gasteiger partial charge >= 0.3 is 0 Å². The lowest BCUT2D eigenvalue weighted by Crippen LogP contribution is -2.53. The molecule has 2 rings (SSSR count). The number of hydrogen-bond acceptors (Lipinski definition) is 5. The Morgan fingerprint density at radius 2 is 1.70 bits per heavy atom. The molecule has 0 saturated carbocycles. The summed E-state index contributed by atoms with van der Waals surface area (Å²) in [4.78, 5) is 28.1. The zero-order valence-corrected chi connectivity index (χ0v) is 16.9. The molecule has 1 N–H and O–H groups in total. The highest BCUT2D eigenvalue weighted by Crippen LogP contribution is 2.14. The number of nitrogens with one attached hydrogen (secondary N) is 1. The van der Waals surface area contributed by atoms with Crippen molar-refractivity contribution in [2.75, 3.05) is 46.3 Å². The van der Waals surface area contributed by atoms with Gasteiger partial charge in [-0.2, -0.15) is 4.31 Å². The minimum Gasteiger partial charge on any atom is -0.353 e. The maximum atomic E-state index is 12.5. The summed E-state index contributed by atoms with van der Waals surface area (Å²) < 4.78 is 26.1. The van der Waals surface area contributed by atoms with Crippen molar-refractivity contribution in [3.05, 3.63) is 30.3 Å². The van der Waals surface area contributed by atoms with Gasteiger partial charge in [0.25, 0.3) is 0 Å². The van der Waals surface area contributed by atoms with Crippen LogP contribution in [0.3, 0.4) is 0 Å². The third-order valence-corrected chi connectivity index (χ3v) is 6.17. The van der Waals surface area contributed by atoms with E-state index < -0.39 is 10.0 Å². The fraction of sp³-hybridized carbons (Fsp3) is 0.556. The van der Waals surface area contributed by atoms with Crippen molar-refractivity contribution in [1.82, 2.24) is 19.4 Å². The maximum absolute atomic E-state index is 12.5. The van der Waals surface area contributed by atoms with Crippen LogP contribution in [0.2, 0.25) is 0 Å². The lowest BCUT2D eigenvalue weighted by Gasteiger charge is -2.35. The Balaban J connectivity index is 1.85. The molecule has 27 heavy (non-hydrogen) atoms. The van der Waals surface area contributed by atoms with E-state index in [9.17, 15) is 18.0 Å². The number of benzene rings is 1. The number of likely N-dealkylation sites (N-methyl/N-ethyl adjacent to an activating group) is 1. The fourth-order valence-electron chi connectivity index (χ4n) is 2.87. The Labute approximate surface area is 161 Å². The minimum absolute atomic E-state index is 0.0292. The van der Waals surface area contributed by atoms with Crippen LogP contribution < -0.4 is 5.32 Å². The predicted octanol–water partition coefficient (Wildman–Crippen LogP) is -0.0241. The van der Waals surface area contributed by atoms with E-state index in [2.05, 4.69) is 5.32 Å². The summed E-state index contributed by atoms with van der Waals surface area (Å²) in [6.07, 6.45) is 0. The Bertz CT molecular complexity index is 744. The fourth-order valence-corrected chi connectivity index (χ4v) is 4.02. The van der Waals surface area contributed by atoms with Gasteiger partial charge in [-0.3, -0.25) is 14.5 Å². The number of piperazine rings is 1. The van der Waals surface area contributed by atoms with E-state index in [0.717, 1.165) is 4.31 Å². The van der Waals surface area contributed by atoms with Crippen molar-refractivity contribution in [3.8, 4) is 0 Å². The third kappa shape index (κ3) is 6.02. The standard InChI is InChI=1S/C18H28N4O4S/c1-15(2)19-17(23)13-21-9-11-22(12-10-21)18(24)14-20(3)27(25,26)16-7-5-4-6-8-16/h4-8,15H,9-14H2,1-3H3,(H,19,23). The van der Waals surface area contributed by atoms with Crippen LogP contribution in [0, 0.1) is 0 Å². The average Bonchev–Trinajstić information content (AvgIpc) is 2.62. The van der Waals surface area contributed by atoms with Gasteiger partial charge in [0.1, 0.15) is 0 Å². The highest BCUT2D eigenvalue weighted by Gasteiger charge is 2.27. The molecule has 1 fully saturated rings. The molecule has 9 heteroatoms. The molecular weight excluding hydrogens is 368 g/mol. The van der Waals surface area contributed by atoms with Crippen LogP contribution in [0.25, 0.3) is 0 Å². The Morgan fingerprint density at radius 1 is 1.11 bits per heavy atom. The molecule has 150 valence electrons. The van der Waals surface area contributed by atoms with E-state index in [4.69, 9.17) is 0 Å². The van der Waals surface area contributed by atoms with Crippen molar-refractivity contribution in [1.29, 1.82) is 0 Å². The molecule has 1 aliphatic rings. The van der Waals surface area contributed by atoms with Crippen LogP contribution in [0.1, 0.15) is 13.8 Å². The first-order valence-corrected chi connectivity index (χ1v) is 10.4. The number of carbonyl (C=O) groups excluding carboxylic acids is 2. The summed E-state index contributed by atoms with van der Waals surface area (Å²) in [7, 11) is -2.28. The molecular formula is C18H28N4O4S. The summed E-state index contributed by atoms with van der Waals surface area (Å²) in [5, 5.41) is 2.85. The van der Waals surface area contributed by atoms with Crippen molar-refractivity contribution >= 4 is 21.8 Å². The molecule has 0 bridgehead atoms. The van der Waals surface area contributed by atoms with Crippen LogP contribution in [0.15, 0.2) is 35.2 Å². The smallest absolute Gasteiger partial charge is 0.243 e. The van der Waals surface area contributed by atoms with Crippen LogP contribution in [0.4, 0.5) is 0 Å². The summed E-state index contributed by atoms with van der Waals surface area (Å²) in [6.45, 7) is 6.06. The first-order chi connectivity index (χ1) is 12.7. The first-order valence-electron chi connectivity index (χ1n) is 9.01. The molecule has 0 atom stereocenters. The van der Waals surface area contributed by atoms with Gasteiger partial charge < -0.3 is 10.2 Å². The molecule has 0 aromatic heterocycles. The van der Waals surface area contributed by atoms with Gasteiger partial charge in [0.05, 0.1) is 18.0 Å². The van der Waals surface area contributed by atoms with Gasteiger partial charge in [-0.25, -0.2) is 8.42 Å². The van der Waals surface area contributed by atoms with E-state index in [-0.39, 0.29) is 29.3 Å². The van der Waals surface area contributed by atoms with Gasteiger partial charge in [-0.15, -0.1) is 0 Å². The van der Waals surface area contributed by atoms with Crippen LogP contribution >= 0.6 is 0 Å². The molecule has 1 heterocycles. The number of hydrogen-bond donors (Lipinski definition) is 1. The lowest BCUT2D eigenvalue weighted by atomic mass is 10.3. The molecule has 1 aromatic rings. The monoisotopic (exact) mass is 396 g/mol. The van der Waals surface area contributed by atoms with Crippen molar-refractivity contribution < 1.29 is 18.0 Å². The molecule has 0 unspecified atom stereocenters. The topological polar surface area (TPSA) is 90.0 Å². The average molecular weight is 397 g/mol. The van der Waals surface area contributed by atoms with Gasteiger partial charge in [0, 0.05) is 39.3 Å². The Morgan fingerprint density at radius 3 is 2.26 bits per heavy atom. The van der Waals surface area contributed by atoms with Crippen LogP contribution in [-0.4, -0.2) is 86.7 Å². The number of rotatable bonds is 7. The summed E-state index contributed by atoms with van der Waals surface area (Å²) >= 11 is 0. The normalized spacial score (nSPS) is 16.0. The second kappa shape index (κ2) is 9.29. The third-order valence-electron chi connectivity index (χ3n) is 4.35. The highest BCUT2D eigenvalue weighted by atomic mass is 32.2. The number of nitrogens with zero attached hydrogens (tertiary/aromatic N) is 3.